The highest BCUT2D eigenvalue weighted by atomic mass is 32.2. The Morgan fingerprint density at radius 3 is 2.24 bits per heavy atom. The summed E-state index contributed by atoms with van der Waals surface area (Å²) < 4.78 is 23.3. The average molecular weight is 253 g/mol. The molecule has 1 saturated carbocycles. The third-order valence-corrected chi connectivity index (χ3v) is 4.94. The molecular weight excluding hydrogens is 234 g/mol. The minimum absolute atomic E-state index is 0.310. The Bertz CT molecular complexity index is 557. The molecule has 0 aliphatic heterocycles. The standard InChI is InChI=1S/C13H19NO2S/c1-9-7-11(17(3,15)16)8-12(10(9)2)13(14)5-4-6-13/h7-8H,4-6,14H2,1-3H3. The summed E-state index contributed by atoms with van der Waals surface area (Å²) in [5.74, 6) is 0. The monoisotopic (exact) mass is 253 g/mol. The minimum atomic E-state index is -3.16. The van der Waals surface area contributed by atoms with Crippen LogP contribution in [0.5, 0.6) is 0 Å². The van der Waals surface area contributed by atoms with E-state index in [2.05, 4.69) is 0 Å². The second-order valence-electron chi connectivity index (χ2n) is 5.19. The van der Waals surface area contributed by atoms with Crippen LogP contribution in [-0.2, 0) is 15.4 Å². The first kappa shape index (κ1) is 12.6. The summed E-state index contributed by atoms with van der Waals surface area (Å²) in [6, 6.07) is 3.49. The molecule has 4 heteroatoms. The van der Waals surface area contributed by atoms with E-state index in [4.69, 9.17) is 5.73 Å². The molecule has 0 spiro atoms. The third kappa shape index (κ3) is 2.11. The molecule has 0 unspecified atom stereocenters. The van der Waals surface area contributed by atoms with Gasteiger partial charge in [0.05, 0.1) is 4.90 Å². The van der Waals surface area contributed by atoms with E-state index in [1.807, 2.05) is 13.8 Å². The van der Waals surface area contributed by atoms with Crippen LogP contribution in [0.1, 0.15) is 36.0 Å². The molecule has 17 heavy (non-hydrogen) atoms. The van der Waals surface area contributed by atoms with Crippen molar-refractivity contribution in [2.45, 2.75) is 43.5 Å². The molecule has 1 aromatic rings. The lowest BCUT2D eigenvalue weighted by atomic mass is 9.71. The minimum Gasteiger partial charge on any atom is -0.321 e. The Morgan fingerprint density at radius 2 is 1.82 bits per heavy atom. The molecule has 1 aromatic carbocycles. The maximum atomic E-state index is 11.6. The molecule has 1 fully saturated rings. The zero-order valence-corrected chi connectivity index (χ0v) is 11.4. The second-order valence-corrected chi connectivity index (χ2v) is 7.21. The van der Waals surface area contributed by atoms with Crippen LogP contribution in [0.25, 0.3) is 0 Å². The lowest BCUT2D eigenvalue weighted by Gasteiger charge is -2.40. The third-order valence-electron chi connectivity index (χ3n) is 3.85. The van der Waals surface area contributed by atoms with Crippen molar-refractivity contribution in [3.05, 3.63) is 28.8 Å². The first-order chi connectivity index (χ1) is 7.74. The van der Waals surface area contributed by atoms with Gasteiger partial charge in [-0.05, 0) is 61.9 Å². The van der Waals surface area contributed by atoms with E-state index in [9.17, 15) is 8.42 Å². The number of hydrogen-bond acceptors (Lipinski definition) is 3. The first-order valence-electron chi connectivity index (χ1n) is 5.85. The van der Waals surface area contributed by atoms with Crippen molar-refractivity contribution in [3.63, 3.8) is 0 Å². The van der Waals surface area contributed by atoms with Crippen molar-refractivity contribution >= 4 is 9.84 Å². The summed E-state index contributed by atoms with van der Waals surface area (Å²) in [6.07, 6.45) is 4.25. The number of nitrogens with two attached hydrogens (primary N) is 1. The molecule has 0 saturated heterocycles. The number of sulfone groups is 1. The van der Waals surface area contributed by atoms with Crippen LogP contribution in [0.3, 0.4) is 0 Å². The number of hydrogen-bond donors (Lipinski definition) is 1. The van der Waals surface area contributed by atoms with Crippen LogP contribution >= 0.6 is 0 Å². The normalized spacial score (nSPS) is 18.8. The number of aryl methyl sites for hydroxylation is 1. The van der Waals surface area contributed by atoms with Crippen LogP contribution in [-0.4, -0.2) is 14.7 Å². The maximum absolute atomic E-state index is 11.6. The Hall–Kier alpha value is -0.870. The highest BCUT2D eigenvalue weighted by molar-refractivity contribution is 7.90. The predicted octanol–water partition coefficient (Wildman–Crippen LogP) is 2.04. The van der Waals surface area contributed by atoms with Gasteiger partial charge in [0, 0.05) is 11.8 Å². The van der Waals surface area contributed by atoms with Gasteiger partial charge in [0.2, 0.25) is 0 Å². The van der Waals surface area contributed by atoms with Crippen LogP contribution in [0.2, 0.25) is 0 Å². The zero-order chi connectivity index (χ0) is 12.8. The van der Waals surface area contributed by atoms with Gasteiger partial charge in [0.25, 0.3) is 0 Å². The van der Waals surface area contributed by atoms with Crippen LogP contribution in [0.15, 0.2) is 17.0 Å². The number of rotatable bonds is 2. The van der Waals surface area contributed by atoms with Gasteiger partial charge in [-0.1, -0.05) is 0 Å². The summed E-state index contributed by atoms with van der Waals surface area (Å²) in [4.78, 5) is 0.382. The van der Waals surface area contributed by atoms with Crippen molar-refractivity contribution in [3.8, 4) is 0 Å². The quantitative estimate of drug-likeness (QED) is 0.877. The first-order valence-corrected chi connectivity index (χ1v) is 7.74. The summed E-state index contributed by atoms with van der Waals surface area (Å²) in [7, 11) is -3.16. The van der Waals surface area contributed by atoms with E-state index in [0.717, 1.165) is 36.0 Å². The van der Waals surface area contributed by atoms with Gasteiger partial charge in [-0.25, -0.2) is 8.42 Å². The highest BCUT2D eigenvalue weighted by Gasteiger charge is 2.36. The molecule has 94 valence electrons. The predicted molar refractivity (Wildman–Crippen MR) is 68.7 cm³/mol. The molecule has 2 N–H and O–H groups in total. The van der Waals surface area contributed by atoms with Crippen LogP contribution < -0.4 is 5.73 Å². The van der Waals surface area contributed by atoms with Gasteiger partial charge < -0.3 is 5.73 Å². The van der Waals surface area contributed by atoms with Gasteiger partial charge in [0.1, 0.15) is 0 Å². The summed E-state index contributed by atoms with van der Waals surface area (Å²) >= 11 is 0. The van der Waals surface area contributed by atoms with Crippen molar-refractivity contribution < 1.29 is 8.42 Å². The highest BCUT2D eigenvalue weighted by Crippen LogP contribution is 2.41. The van der Waals surface area contributed by atoms with Gasteiger partial charge in [-0.15, -0.1) is 0 Å². The average Bonchev–Trinajstić information content (AvgIpc) is 2.17. The van der Waals surface area contributed by atoms with E-state index < -0.39 is 9.84 Å². The topological polar surface area (TPSA) is 60.2 Å². The molecule has 3 nitrogen and oxygen atoms in total. The number of benzene rings is 1. The fourth-order valence-electron chi connectivity index (χ4n) is 2.38. The van der Waals surface area contributed by atoms with Crippen LogP contribution in [0, 0.1) is 13.8 Å². The molecule has 0 atom stereocenters. The van der Waals surface area contributed by atoms with E-state index in [0.29, 0.717) is 4.90 Å². The van der Waals surface area contributed by atoms with E-state index in [-0.39, 0.29) is 5.54 Å². The SMILES string of the molecule is Cc1cc(S(C)(=O)=O)cc(C2(N)CCC2)c1C. The van der Waals surface area contributed by atoms with E-state index in [1.54, 1.807) is 12.1 Å². The van der Waals surface area contributed by atoms with Crippen molar-refractivity contribution in [1.29, 1.82) is 0 Å². The van der Waals surface area contributed by atoms with Crippen LogP contribution in [0.4, 0.5) is 0 Å². The molecule has 0 heterocycles. The lowest BCUT2D eigenvalue weighted by molar-refractivity contribution is 0.252. The molecule has 0 bridgehead atoms. The zero-order valence-electron chi connectivity index (χ0n) is 10.6. The molecule has 2 rings (SSSR count). The molecule has 0 radical (unpaired) electrons. The smallest absolute Gasteiger partial charge is 0.175 e. The van der Waals surface area contributed by atoms with Crippen molar-refractivity contribution in [2.75, 3.05) is 6.26 Å². The summed E-state index contributed by atoms with van der Waals surface area (Å²) in [5, 5.41) is 0. The van der Waals surface area contributed by atoms with Crippen molar-refractivity contribution in [2.24, 2.45) is 5.73 Å². The summed E-state index contributed by atoms with van der Waals surface area (Å²) in [5.41, 5.74) is 9.13. The molecule has 0 amide bonds. The Balaban J connectivity index is 2.63. The van der Waals surface area contributed by atoms with Crippen molar-refractivity contribution in [1.82, 2.24) is 0 Å². The Labute approximate surface area is 103 Å². The Kier molecular flexibility index (Phi) is 2.83. The fraction of sp³-hybridized carbons (Fsp3) is 0.538. The molecular formula is C13H19NO2S. The fourth-order valence-corrected chi connectivity index (χ4v) is 3.11. The van der Waals surface area contributed by atoms with Gasteiger partial charge >= 0.3 is 0 Å². The molecule has 1 aliphatic carbocycles. The van der Waals surface area contributed by atoms with Gasteiger partial charge in [-0.2, -0.15) is 0 Å². The Morgan fingerprint density at radius 1 is 1.24 bits per heavy atom. The van der Waals surface area contributed by atoms with E-state index >= 15 is 0 Å². The maximum Gasteiger partial charge on any atom is 0.175 e. The largest absolute Gasteiger partial charge is 0.321 e. The molecule has 0 aromatic heterocycles. The molecule has 1 aliphatic rings. The van der Waals surface area contributed by atoms with Gasteiger partial charge in [-0.3, -0.25) is 0 Å². The van der Waals surface area contributed by atoms with E-state index in [1.165, 1.54) is 6.26 Å². The summed E-state index contributed by atoms with van der Waals surface area (Å²) in [6.45, 7) is 3.96. The lowest BCUT2D eigenvalue weighted by Crippen LogP contribution is -2.44. The second kappa shape index (κ2) is 3.82. The van der Waals surface area contributed by atoms with Gasteiger partial charge in [0.15, 0.2) is 9.84 Å².